The van der Waals surface area contributed by atoms with E-state index in [1.807, 2.05) is 0 Å². The number of ether oxygens (including phenoxy) is 2. The Balaban J connectivity index is 1.61. The van der Waals surface area contributed by atoms with E-state index in [1.54, 1.807) is 80.9 Å². The first-order valence-corrected chi connectivity index (χ1v) is 12.9. The number of carboxylic acid groups (broad SMARTS) is 1. The smallest absolute Gasteiger partial charge is 0.408 e. The summed E-state index contributed by atoms with van der Waals surface area (Å²) in [6, 6.07) is 10.4. The van der Waals surface area contributed by atoms with Crippen molar-refractivity contribution in [3.05, 3.63) is 78.0 Å². The minimum atomic E-state index is -1.15. The van der Waals surface area contributed by atoms with Gasteiger partial charge in [0.05, 0.1) is 35.3 Å². The number of nitrogens with zero attached hydrogens (tertiary/aromatic N) is 2. The summed E-state index contributed by atoms with van der Waals surface area (Å²) in [5.41, 5.74) is 1.72. The van der Waals surface area contributed by atoms with Crippen LogP contribution in [0.3, 0.4) is 0 Å². The molecule has 0 bridgehead atoms. The van der Waals surface area contributed by atoms with Gasteiger partial charge < -0.3 is 34.8 Å². The van der Waals surface area contributed by atoms with Gasteiger partial charge in [-0.1, -0.05) is 0 Å². The first kappa shape index (κ1) is 28.9. The average molecular weight is 562 g/mol. The highest BCUT2D eigenvalue weighted by Gasteiger charge is 2.26. The average Bonchev–Trinajstić information content (AvgIpc) is 3.55. The molecule has 0 saturated carbocycles. The molecule has 1 unspecified atom stereocenters. The van der Waals surface area contributed by atoms with E-state index in [2.05, 4.69) is 20.6 Å². The third kappa shape index (κ3) is 7.10. The van der Waals surface area contributed by atoms with Gasteiger partial charge in [0.25, 0.3) is 0 Å². The molecule has 0 aliphatic heterocycles. The van der Waals surface area contributed by atoms with Crippen LogP contribution in [0, 0.1) is 0 Å². The largest absolute Gasteiger partial charge is 0.478 e. The SMILES string of the molecule is CCOC(=O)c1ccc(-n2cc(C(=O)O)c3cc(NC(=O)C(Cc4c[nH]cn4)NC(=O)OC(C)(C)C)ccc32)cc1. The summed E-state index contributed by atoms with van der Waals surface area (Å²) < 4.78 is 12.0. The van der Waals surface area contributed by atoms with Gasteiger partial charge in [0.2, 0.25) is 5.91 Å². The van der Waals surface area contributed by atoms with E-state index in [0.717, 1.165) is 0 Å². The molecule has 2 amide bonds. The van der Waals surface area contributed by atoms with Crippen LogP contribution in [0.2, 0.25) is 0 Å². The molecule has 12 heteroatoms. The number of rotatable bonds is 9. The molecule has 0 aliphatic carbocycles. The molecule has 4 N–H and O–H groups in total. The molecule has 1 atom stereocenters. The number of nitrogens with one attached hydrogen (secondary N) is 3. The summed E-state index contributed by atoms with van der Waals surface area (Å²) in [6.07, 6.45) is 3.89. The highest BCUT2D eigenvalue weighted by molar-refractivity contribution is 6.06. The molecule has 4 rings (SSSR count). The summed E-state index contributed by atoms with van der Waals surface area (Å²) in [5.74, 6) is -2.14. The molecule has 2 aromatic carbocycles. The van der Waals surface area contributed by atoms with Crippen molar-refractivity contribution in [1.82, 2.24) is 19.9 Å². The lowest BCUT2D eigenvalue weighted by atomic mass is 10.1. The molecular weight excluding hydrogens is 530 g/mol. The predicted molar refractivity (Wildman–Crippen MR) is 150 cm³/mol. The summed E-state index contributed by atoms with van der Waals surface area (Å²) in [6.45, 7) is 7.12. The Kier molecular flexibility index (Phi) is 8.41. The number of imidazole rings is 1. The normalized spacial score (nSPS) is 12.0. The van der Waals surface area contributed by atoms with Gasteiger partial charge in [0, 0.05) is 35.6 Å². The fraction of sp³-hybridized carbons (Fsp3) is 0.276. The van der Waals surface area contributed by atoms with E-state index >= 15 is 0 Å². The number of fused-ring (bicyclic) bond motifs is 1. The molecular formula is C29H31N5O7. The molecule has 41 heavy (non-hydrogen) atoms. The van der Waals surface area contributed by atoms with E-state index < -0.39 is 35.6 Å². The molecule has 2 heterocycles. The van der Waals surface area contributed by atoms with Crippen molar-refractivity contribution in [1.29, 1.82) is 0 Å². The summed E-state index contributed by atoms with van der Waals surface area (Å²) in [4.78, 5) is 56.8. The van der Waals surface area contributed by atoms with Crippen LogP contribution in [0.25, 0.3) is 16.6 Å². The molecule has 0 radical (unpaired) electrons. The van der Waals surface area contributed by atoms with E-state index in [0.29, 0.717) is 33.5 Å². The van der Waals surface area contributed by atoms with E-state index in [1.165, 1.54) is 12.5 Å². The van der Waals surface area contributed by atoms with Crippen molar-refractivity contribution in [2.24, 2.45) is 0 Å². The zero-order valence-electron chi connectivity index (χ0n) is 23.1. The number of hydrogen-bond acceptors (Lipinski definition) is 7. The molecule has 214 valence electrons. The number of esters is 1. The molecule has 0 saturated heterocycles. The van der Waals surface area contributed by atoms with Crippen LogP contribution in [0.5, 0.6) is 0 Å². The first-order chi connectivity index (χ1) is 19.4. The number of hydrogen-bond donors (Lipinski definition) is 4. The van der Waals surface area contributed by atoms with Crippen LogP contribution in [-0.2, 0) is 20.7 Å². The Morgan fingerprint density at radius 1 is 1.10 bits per heavy atom. The predicted octanol–water partition coefficient (Wildman–Crippen LogP) is 4.30. The second-order valence-corrected chi connectivity index (χ2v) is 10.2. The van der Waals surface area contributed by atoms with Crippen LogP contribution in [0.1, 0.15) is 54.1 Å². The third-order valence-electron chi connectivity index (χ3n) is 5.93. The summed E-state index contributed by atoms with van der Waals surface area (Å²) >= 11 is 0. The highest BCUT2D eigenvalue weighted by atomic mass is 16.6. The van der Waals surface area contributed by atoms with Gasteiger partial charge in [-0.2, -0.15) is 0 Å². The lowest BCUT2D eigenvalue weighted by Crippen LogP contribution is -2.47. The second-order valence-electron chi connectivity index (χ2n) is 10.2. The monoisotopic (exact) mass is 561 g/mol. The van der Waals surface area contributed by atoms with Gasteiger partial charge in [-0.3, -0.25) is 4.79 Å². The van der Waals surface area contributed by atoms with Crippen molar-refractivity contribution >= 4 is 40.5 Å². The van der Waals surface area contributed by atoms with Crippen LogP contribution < -0.4 is 10.6 Å². The number of amides is 2. The highest BCUT2D eigenvalue weighted by Crippen LogP contribution is 2.28. The Morgan fingerprint density at radius 3 is 2.44 bits per heavy atom. The van der Waals surface area contributed by atoms with Crippen molar-refractivity contribution in [2.45, 2.75) is 45.8 Å². The maximum Gasteiger partial charge on any atom is 0.408 e. The fourth-order valence-electron chi connectivity index (χ4n) is 4.16. The van der Waals surface area contributed by atoms with Crippen molar-refractivity contribution in [3.8, 4) is 5.69 Å². The van der Waals surface area contributed by atoms with Crippen molar-refractivity contribution in [2.75, 3.05) is 11.9 Å². The molecule has 4 aromatic rings. The molecule has 0 spiro atoms. The first-order valence-electron chi connectivity index (χ1n) is 12.9. The van der Waals surface area contributed by atoms with Gasteiger partial charge in [-0.05, 0) is 70.2 Å². The number of benzene rings is 2. The van der Waals surface area contributed by atoms with E-state index in [-0.39, 0.29) is 18.6 Å². The number of alkyl carbamates (subject to hydrolysis) is 1. The van der Waals surface area contributed by atoms with Crippen LogP contribution in [0.4, 0.5) is 10.5 Å². The fourth-order valence-corrected chi connectivity index (χ4v) is 4.16. The van der Waals surface area contributed by atoms with E-state index in [9.17, 15) is 24.3 Å². The molecule has 2 aromatic heterocycles. The number of aromatic nitrogens is 3. The maximum atomic E-state index is 13.3. The minimum Gasteiger partial charge on any atom is -0.478 e. The van der Waals surface area contributed by atoms with Crippen LogP contribution in [0.15, 0.2) is 61.2 Å². The quantitative estimate of drug-likeness (QED) is 0.220. The van der Waals surface area contributed by atoms with Gasteiger partial charge >= 0.3 is 18.0 Å². The number of H-pyrrole nitrogens is 1. The van der Waals surface area contributed by atoms with Crippen LogP contribution in [-0.4, -0.2) is 61.8 Å². The Morgan fingerprint density at radius 2 is 1.83 bits per heavy atom. The zero-order chi connectivity index (χ0) is 29.7. The molecule has 12 nitrogen and oxygen atoms in total. The number of carboxylic acids is 1. The number of aromatic carboxylic acids is 1. The topological polar surface area (TPSA) is 165 Å². The van der Waals surface area contributed by atoms with Gasteiger partial charge in [-0.25, -0.2) is 19.4 Å². The molecule has 0 fully saturated rings. The van der Waals surface area contributed by atoms with Crippen LogP contribution >= 0.6 is 0 Å². The number of aromatic amines is 1. The minimum absolute atomic E-state index is 0.0190. The number of carbonyl (C=O) groups is 4. The number of carbonyl (C=O) groups excluding carboxylic acids is 3. The zero-order valence-corrected chi connectivity index (χ0v) is 23.1. The van der Waals surface area contributed by atoms with E-state index in [4.69, 9.17) is 9.47 Å². The lowest BCUT2D eigenvalue weighted by molar-refractivity contribution is -0.118. The Hall–Kier alpha value is -5.13. The maximum absolute atomic E-state index is 13.3. The van der Waals surface area contributed by atoms with Crippen molar-refractivity contribution in [3.63, 3.8) is 0 Å². The van der Waals surface area contributed by atoms with Gasteiger partial charge in [0.1, 0.15) is 11.6 Å². The Labute approximate surface area is 235 Å². The standard InChI is InChI=1S/C29H31N5O7/c1-5-40-27(38)17-6-9-20(10-7-17)34-15-22(26(36)37)21-12-18(8-11-24(21)34)32-25(35)23(13-19-14-30-16-31-19)33-28(39)41-29(2,3)4/h6-12,14-16,23H,5,13H2,1-4H3,(H,30,31)(H,32,35)(H,33,39)(H,36,37). The third-order valence-corrected chi connectivity index (χ3v) is 5.93. The van der Waals surface area contributed by atoms with Gasteiger partial charge in [-0.15, -0.1) is 0 Å². The lowest BCUT2D eigenvalue weighted by Gasteiger charge is -2.23. The Bertz CT molecular complexity index is 1570. The summed E-state index contributed by atoms with van der Waals surface area (Å²) in [5, 5.41) is 15.6. The van der Waals surface area contributed by atoms with Gasteiger partial charge in [0.15, 0.2) is 0 Å². The number of anilines is 1. The van der Waals surface area contributed by atoms with Crippen molar-refractivity contribution < 1.29 is 33.8 Å². The molecule has 0 aliphatic rings. The second kappa shape index (κ2) is 11.9. The summed E-state index contributed by atoms with van der Waals surface area (Å²) in [7, 11) is 0.